The Hall–Kier alpha value is -2.05. The van der Waals surface area contributed by atoms with Gasteiger partial charge in [-0.05, 0) is 30.5 Å². The van der Waals surface area contributed by atoms with Gasteiger partial charge in [-0.25, -0.2) is 4.98 Å². The van der Waals surface area contributed by atoms with Crippen LogP contribution in [-0.2, 0) is 20.0 Å². The van der Waals surface area contributed by atoms with Crippen LogP contribution in [-0.4, -0.2) is 26.3 Å². The van der Waals surface area contributed by atoms with Gasteiger partial charge in [-0.3, -0.25) is 14.5 Å². The topological polar surface area (TPSA) is 66.8 Å². The number of nitrogens with one attached hydrogen (secondary N) is 1. The fourth-order valence-corrected chi connectivity index (χ4v) is 3.58. The molecule has 8 heteroatoms. The SMILES string of the molecule is CCCCN(Cc1ccc(Cl)c(Cl)c1)c1nc2c(CCC)nn(C)c2c(=O)[nH]1. The second-order valence-electron chi connectivity index (χ2n) is 6.93. The number of aromatic nitrogens is 4. The van der Waals surface area contributed by atoms with E-state index in [1.807, 2.05) is 12.1 Å². The van der Waals surface area contributed by atoms with Crippen LogP contribution in [0.1, 0.15) is 44.4 Å². The van der Waals surface area contributed by atoms with Crippen molar-refractivity contribution in [2.75, 3.05) is 11.4 Å². The average Bonchev–Trinajstić information content (AvgIpc) is 2.98. The molecule has 3 aromatic rings. The predicted molar refractivity (Wildman–Crippen MR) is 116 cm³/mol. The standard InChI is InChI=1S/C20H25Cl2N5O/c1-4-6-10-27(12-13-8-9-14(21)15(22)11-13)20-23-17-16(7-5-2)25-26(3)18(17)19(28)24-20/h8-9,11H,4-7,10,12H2,1-3H3,(H,23,24,28). The Bertz CT molecular complexity index is 1030. The summed E-state index contributed by atoms with van der Waals surface area (Å²) >= 11 is 12.2. The van der Waals surface area contributed by atoms with E-state index in [0.29, 0.717) is 33.6 Å². The number of fused-ring (bicyclic) bond motifs is 1. The third-order valence-electron chi connectivity index (χ3n) is 4.68. The molecule has 0 amide bonds. The minimum absolute atomic E-state index is 0.173. The van der Waals surface area contributed by atoms with Crippen LogP contribution >= 0.6 is 23.2 Å². The van der Waals surface area contributed by atoms with Crippen molar-refractivity contribution in [2.45, 2.75) is 46.1 Å². The van der Waals surface area contributed by atoms with E-state index in [0.717, 1.165) is 43.5 Å². The summed E-state index contributed by atoms with van der Waals surface area (Å²) in [6.45, 7) is 5.58. The van der Waals surface area contributed by atoms with Gasteiger partial charge in [0.15, 0.2) is 5.52 Å². The Morgan fingerprint density at radius 1 is 1.18 bits per heavy atom. The summed E-state index contributed by atoms with van der Waals surface area (Å²) in [7, 11) is 1.78. The van der Waals surface area contributed by atoms with Crippen LogP contribution in [0.5, 0.6) is 0 Å². The molecule has 0 bridgehead atoms. The lowest BCUT2D eigenvalue weighted by Gasteiger charge is -2.23. The van der Waals surface area contributed by atoms with Gasteiger partial charge in [-0.1, -0.05) is 56.0 Å². The summed E-state index contributed by atoms with van der Waals surface area (Å²) in [4.78, 5) is 22.6. The number of aromatic amines is 1. The molecule has 0 radical (unpaired) electrons. The lowest BCUT2D eigenvalue weighted by Crippen LogP contribution is -2.28. The maximum atomic E-state index is 12.7. The summed E-state index contributed by atoms with van der Waals surface area (Å²) in [5.74, 6) is 0.558. The Kier molecular flexibility index (Phi) is 6.62. The first-order valence-corrected chi connectivity index (χ1v) is 10.3. The fourth-order valence-electron chi connectivity index (χ4n) is 3.26. The molecule has 0 aliphatic carbocycles. The Morgan fingerprint density at radius 3 is 2.64 bits per heavy atom. The first-order chi connectivity index (χ1) is 13.4. The van der Waals surface area contributed by atoms with Crippen LogP contribution in [0.15, 0.2) is 23.0 Å². The Labute approximate surface area is 174 Å². The quantitative estimate of drug-likeness (QED) is 0.570. The van der Waals surface area contributed by atoms with Crippen LogP contribution in [0.4, 0.5) is 5.95 Å². The molecule has 0 saturated carbocycles. The van der Waals surface area contributed by atoms with Gasteiger partial charge in [0, 0.05) is 20.1 Å². The van der Waals surface area contributed by atoms with Crippen molar-refractivity contribution >= 4 is 40.2 Å². The number of H-pyrrole nitrogens is 1. The zero-order valence-corrected chi connectivity index (χ0v) is 17.9. The van der Waals surface area contributed by atoms with Crippen molar-refractivity contribution in [3.8, 4) is 0 Å². The zero-order valence-electron chi connectivity index (χ0n) is 16.4. The van der Waals surface area contributed by atoms with Crippen LogP contribution in [0, 0.1) is 0 Å². The molecule has 2 aromatic heterocycles. The predicted octanol–water partition coefficient (Wildman–Crippen LogP) is 4.72. The molecule has 2 heterocycles. The maximum absolute atomic E-state index is 12.7. The minimum Gasteiger partial charge on any atom is -0.338 e. The highest BCUT2D eigenvalue weighted by molar-refractivity contribution is 6.42. The smallest absolute Gasteiger partial charge is 0.278 e. The van der Waals surface area contributed by atoms with Gasteiger partial charge in [-0.15, -0.1) is 0 Å². The summed E-state index contributed by atoms with van der Waals surface area (Å²) < 4.78 is 1.62. The Morgan fingerprint density at radius 2 is 1.96 bits per heavy atom. The molecule has 1 N–H and O–H groups in total. The molecule has 0 saturated heterocycles. The number of rotatable bonds is 8. The molecule has 0 fully saturated rings. The van der Waals surface area contributed by atoms with E-state index >= 15 is 0 Å². The van der Waals surface area contributed by atoms with Gasteiger partial charge in [0.25, 0.3) is 5.56 Å². The normalized spacial score (nSPS) is 11.3. The third kappa shape index (κ3) is 4.33. The molecule has 28 heavy (non-hydrogen) atoms. The lowest BCUT2D eigenvalue weighted by atomic mass is 10.2. The molecule has 0 spiro atoms. The van der Waals surface area contributed by atoms with Gasteiger partial charge < -0.3 is 4.90 Å². The molecule has 3 rings (SSSR count). The number of hydrogen-bond donors (Lipinski definition) is 1. The van der Waals surface area contributed by atoms with E-state index in [-0.39, 0.29) is 5.56 Å². The molecule has 150 valence electrons. The number of nitrogens with zero attached hydrogens (tertiary/aromatic N) is 4. The number of aryl methyl sites for hydroxylation is 2. The second-order valence-corrected chi connectivity index (χ2v) is 7.75. The van der Waals surface area contributed by atoms with Gasteiger partial charge >= 0.3 is 0 Å². The molecular weight excluding hydrogens is 397 g/mol. The van der Waals surface area contributed by atoms with E-state index in [1.165, 1.54) is 0 Å². The molecule has 0 aliphatic rings. The first kappa shape index (κ1) is 20.7. The molecular formula is C20H25Cl2N5O. The van der Waals surface area contributed by atoms with E-state index < -0.39 is 0 Å². The van der Waals surface area contributed by atoms with Gasteiger partial charge in [0.05, 0.1) is 15.7 Å². The van der Waals surface area contributed by atoms with Crippen molar-refractivity contribution < 1.29 is 0 Å². The highest BCUT2D eigenvalue weighted by Crippen LogP contribution is 2.24. The largest absolute Gasteiger partial charge is 0.338 e. The average molecular weight is 422 g/mol. The van der Waals surface area contributed by atoms with E-state index in [9.17, 15) is 4.79 Å². The summed E-state index contributed by atoms with van der Waals surface area (Å²) in [5, 5.41) is 5.54. The van der Waals surface area contributed by atoms with Gasteiger partial charge in [-0.2, -0.15) is 5.10 Å². The fraction of sp³-hybridized carbons (Fsp3) is 0.450. The van der Waals surface area contributed by atoms with E-state index in [1.54, 1.807) is 17.8 Å². The molecule has 0 atom stereocenters. The highest BCUT2D eigenvalue weighted by atomic mass is 35.5. The first-order valence-electron chi connectivity index (χ1n) is 9.59. The minimum atomic E-state index is -0.173. The molecule has 0 aliphatic heterocycles. The summed E-state index contributed by atoms with van der Waals surface area (Å²) in [6, 6.07) is 5.58. The van der Waals surface area contributed by atoms with Crippen molar-refractivity contribution in [1.82, 2.24) is 19.7 Å². The summed E-state index contributed by atoms with van der Waals surface area (Å²) in [5.41, 5.74) is 2.88. The monoisotopic (exact) mass is 421 g/mol. The van der Waals surface area contributed by atoms with Crippen molar-refractivity contribution in [2.24, 2.45) is 7.05 Å². The molecule has 0 unspecified atom stereocenters. The molecule has 1 aromatic carbocycles. The number of halogens is 2. The summed E-state index contributed by atoms with van der Waals surface area (Å²) in [6.07, 6.45) is 3.75. The lowest BCUT2D eigenvalue weighted by molar-refractivity contribution is 0.697. The van der Waals surface area contributed by atoms with Crippen LogP contribution in [0.25, 0.3) is 11.0 Å². The second kappa shape index (κ2) is 8.97. The number of anilines is 1. The van der Waals surface area contributed by atoms with Gasteiger partial charge in [0.2, 0.25) is 5.95 Å². The van der Waals surface area contributed by atoms with Gasteiger partial charge in [0.1, 0.15) is 5.52 Å². The van der Waals surface area contributed by atoms with Crippen LogP contribution < -0.4 is 10.5 Å². The van der Waals surface area contributed by atoms with E-state index in [4.69, 9.17) is 28.2 Å². The number of benzene rings is 1. The number of unbranched alkanes of at least 4 members (excludes halogenated alkanes) is 1. The molecule has 6 nitrogen and oxygen atoms in total. The number of hydrogen-bond acceptors (Lipinski definition) is 4. The maximum Gasteiger partial charge on any atom is 0.278 e. The van der Waals surface area contributed by atoms with Crippen molar-refractivity contribution in [1.29, 1.82) is 0 Å². The van der Waals surface area contributed by atoms with Crippen LogP contribution in [0.2, 0.25) is 10.0 Å². The van der Waals surface area contributed by atoms with E-state index in [2.05, 4.69) is 28.8 Å². The van der Waals surface area contributed by atoms with Crippen molar-refractivity contribution in [3.05, 3.63) is 49.9 Å². The van der Waals surface area contributed by atoms with Crippen molar-refractivity contribution in [3.63, 3.8) is 0 Å². The zero-order chi connectivity index (χ0) is 20.3. The highest BCUT2D eigenvalue weighted by Gasteiger charge is 2.18. The van der Waals surface area contributed by atoms with Crippen LogP contribution in [0.3, 0.4) is 0 Å². The Balaban J connectivity index is 2.03. The third-order valence-corrected chi connectivity index (χ3v) is 5.41.